The van der Waals surface area contributed by atoms with Crippen LogP contribution in [0.15, 0.2) is 24.3 Å². The Morgan fingerprint density at radius 3 is 2.41 bits per heavy atom. The fourth-order valence-electron chi connectivity index (χ4n) is 1.51. The van der Waals surface area contributed by atoms with E-state index in [1.807, 2.05) is 12.1 Å². The number of rotatable bonds is 5. The number of ether oxygens (including phenoxy) is 1. The molecule has 0 fully saturated rings. The van der Waals surface area contributed by atoms with Crippen LogP contribution in [0, 0.1) is 0 Å². The van der Waals surface area contributed by atoms with Crippen LogP contribution in [-0.2, 0) is 9.84 Å². The van der Waals surface area contributed by atoms with Gasteiger partial charge in [-0.15, -0.1) is 0 Å². The summed E-state index contributed by atoms with van der Waals surface area (Å²) >= 11 is 0. The van der Waals surface area contributed by atoms with Crippen LogP contribution in [0.2, 0.25) is 0 Å². The van der Waals surface area contributed by atoms with Crippen molar-refractivity contribution in [1.82, 2.24) is 0 Å². The van der Waals surface area contributed by atoms with E-state index in [9.17, 15) is 8.42 Å². The molecule has 1 rings (SSSR count). The summed E-state index contributed by atoms with van der Waals surface area (Å²) < 4.78 is 28.8. The Bertz CT molecular complexity index is 468. The molecule has 96 valence electrons. The van der Waals surface area contributed by atoms with E-state index in [0.29, 0.717) is 5.75 Å². The number of sulfone groups is 1. The highest BCUT2D eigenvalue weighted by molar-refractivity contribution is 7.92. The minimum atomic E-state index is -3.15. The molecule has 5 heteroatoms. The molecule has 0 saturated carbocycles. The molecule has 4 nitrogen and oxygen atoms in total. The van der Waals surface area contributed by atoms with Crippen LogP contribution < -0.4 is 10.5 Å². The van der Waals surface area contributed by atoms with Crippen molar-refractivity contribution in [2.75, 3.05) is 12.9 Å². The van der Waals surface area contributed by atoms with Gasteiger partial charge in [0, 0.05) is 11.6 Å². The molecular weight excluding hydrogens is 238 g/mol. The third kappa shape index (κ3) is 3.44. The average Bonchev–Trinajstić information content (AvgIpc) is 2.28. The van der Waals surface area contributed by atoms with Crippen molar-refractivity contribution < 1.29 is 13.2 Å². The molecule has 0 amide bonds. The van der Waals surface area contributed by atoms with E-state index >= 15 is 0 Å². The number of methoxy groups -OCH3 is 1. The Morgan fingerprint density at radius 1 is 1.29 bits per heavy atom. The highest BCUT2D eigenvalue weighted by Crippen LogP contribution is 2.24. The zero-order chi connectivity index (χ0) is 13.1. The third-order valence-electron chi connectivity index (χ3n) is 2.67. The summed E-state index contributed by atoms with van der Waals surface area (Å²) in [6.07, 6.45) is 0. The van der Waals surface area contributed by atoms with Gasteiger partial charge in [-0.1, -0.05) is 18.2 Å². The molecule has 0 heterocycles. The van der Waals surface area contributed by atoms with E-state index in [2.05, 4.69) is 0 Å². The molecule has 0 radical (unpaired) electrons. The molecule has 0 spiro atoms. The van der Waals surface area contributed by atoms with Gasteiger partial charge in [0.05, 0.1) is 18.1 Å². The fraction of sp³-hybridized carbons (Fsp3) is 0.500. The molecule has 0 aliphatic carbocycles. The minimum Gasteiger partial charge on any atom is -0.496 e. The zero-order valence-corrected chi connectivity index (χ0v) is 11.2. The second kappa shape index (κ2) is 5.51. The van der Waals surface area contributed by atoms with Crippen molar-refractivity contribution in [2.24, 2.45) is 5.73 Å². The van der Waals surface area contributed by atoms with E-state index in [1.165, 1.54) is 0 Å². The first kappa shape index (κ1) is 14.0. The Morgan fingerprint density at radius 2 is 1.88 bits per heavy atom. The second-order valence-electron chi connectivity index (χ2n) is 4.23. The molecule has 1 aromatic carbocycles. The first-order chi connectivity index (χ1) is 7.88. The van der Waals surface area contributed by atoms with Gasteiger partial charge in [-0.2, -0.15) is 0 Å². The first-order valence-corrected chi connectivity index (χ1v) is 7.20. The lowest BCUT2D eigenvalue weighted by atomic mass is 10.1. The Kier molecular flexibility index (Phi) is 4.54. The summed E-state index contributed by atoms with van der Waals surface area (Å²) in [5.41, 5.74) is 6.66. The van der Waals surface area contributed by atoms with Crippen molar-refractivity contribution in [3.63, 3.8) is 0 Å². The summed E-state index contributed by atoms with van der Waals surface area (Å²) in [6.45, 7) is 3.31. The maximum Gasteiger partial charge on any atom is 0.154 e. The van der Waals surface area contributed by atoms with Gasteiger partial charge in [-0.3, -0.25) is 0 Å². The standard InChI is InChI=1S/C12H19NO3S/c1-9(2)17(14,15)8-11(13)10-6-4-5-7-12(10)16-3/h4-7,9,11H,8,13H2,1-3H3. The number of hydrogen-bond donors (Lipinski definition) is 1. The number of benzene rings is 1. The molecule has 0 aromatic heterocycles. The van der Waals surface area contributed by atoms with E-state index in [0.717, 1.165) is 5.56 Å². The SMILES string of the molecule is COc1ccccc1C(N)CS(=O)(=O)C(C)C. The van der Waals surface area contributed by atoms with E-state index in [4.69, 9.17) is 10.5 Å². The topological polar surface area (TPSA) is 69.4 Å². The largest absolute Gasteiger partial charge is 0.496 e. The molecule has 1 atom stereocenters. The Labute approximate surface area is 103 Å². The van der Waals surface area contributed by atoms with Gasteiger partial charge in [0.15, 0.2) is 9.84 Å². The maximum atomic E-state index is 11.8. The third-order valence-corrected chi connectivity index (χ3v) is 4.93. The molecule has 0 aliphatic heterocycles. The van der Waals surface area contributed by atoms with Gasteiger partial charge in [0.25, 0.3) is 0 Å². The van der Waals surface area contributed by atoms with Crippen LogP contribution in [0.4, 0.5) is 0 Å². The zero-order valence-electron chi connectivity index (χ0n) is 10.4. The highest BCUT2D eigenvalue weighted by Gasteiger charge is 2.22. The lowest BCUT2D eigenvalue weighted by molar-refractivity contribution is 0.407. The minimum absolute atomic E-state index is 0.0644. The molecular formula is C12H19NO3S. The molecule has 0 aliphatic rings. The molecule has 0 bridgehead atoms. The van der Waals surface area contributed by atoms with Gasteiger partial charge in [0.2, 0.25) is 0 Å². The van der Waals surface area contributed by atoms with E-state index in [1.54, 1.807) is 33.1 Å². The average molecular weight is 257 g/mol. The van der Waals surface area contributed by atoms with Gasteiger partial charge < -0.3 is 10.5 Å². The number of para-hydroxylation sites is 1. The number of nitrogens with two attached hydrogens (primary N) is 1. The quantitative estimate of drug-likeness (QED) is 0.868. The van der Waals surface area contributed by atoms with Crippen LogP contribution in [0.3, 0.4) is 0 Å². The van der Waals surface area contributed by atoms with Gasteiger partial charge in [-0.25, -0.2) is 8.42 Å². The molecule has 0 saturated heterocycles. The van der Waals surface area contributed by atoms with Crippen LogP contribution >= 0.6 is 0 Å². The maximum absolute atomic E-state index is 11.8. The highest BCUT2D eigenvalue weighted by atomic mass is 32.2. The van der Waals surface area contributed by atoms with Gasteiger partial charge >= 0.3 is 0 Å². The van der Waals surface area contributed by atoms with E-state index in [-0.39, 0.29) is 5.75 Å². The summed E-state index contributed by atoms with van der Waals surface area (Å²) in [6, 6.07) is 6.65. The summed E-state index contributed by atoms with van der Waals surface area (Å²) in [5, 5.41) is -0.414. The predicted molar refractivity (Wildman–Crippen MR) is 68.8 cm³/mol. The van der Waals surface area contributed by atoms with Crippen LogP contribution in [0.5, 0.6) is 5.75 Å². The Balaban J connectivity index is 2.94. The summed E-state index contributed by atoms with van der Waals surface area (Å²) in [5.74, 6) is 0.560. The van der Waals surface area contributed by atoms with Crippen molar-refractivity contribution in [1.29, 1.82) is 0 Å². The van der Waals surface area contributed by atoms with Crippen LogP contribution in [-0.4, -0.2) is 26.5 Å². The molecule has 1 aromatic rings. The smallest absolute Gasteiger partial charge is 0.154 e. The van der Waals surface area contributed by atoms with Crippen molar-refractivity contribution >= 4 is 9.84 Å². The van der Waals surface area contributed by atoms with Crippen LogP contribution in [0.1, 0.15) is 25.5 Å². The fourth-order valence-corrected chi connectivity index (χ4v) is 2.57. The molecule has 1 unspecified atom stereocenters. The summed E-state index contributed by atoms with van der Waals surface area (Å²) in [4.78, 5) is 0. The lowest BCUT2D eigenvalue weighted by Gasteiger charge is -2.17. The van der Waals surface area contributed by atoms with Gasteiger partial charge in [-0.05, 0) is 19.9 Å². The lowest BCUT2D eigenvalue weighted by Crippen LogP contribution is -2.27. The number of hydrogen-bond acceptors (Lipinski definition) is 4. The Hall–Kier alpha value is -1.07. The predicted octanol–water partition coefficient (Wildman–Crippen LogP) is 1.52. The first-order valence-electron chi connectivity index (χ1n) is 5.48. The van der Waals surface area contributed by atoms with Crippen LogP contribution in [0.25, 0.3) is 0 Å². The second-order valence-corrected chi connectivity index (χ2v) is 6.83. The van der Waals surface area contributed by atoms with Crippen molar-refractivity contribution in [3.05, 3.63) is 29.8 Å². The van der Waals surface area contributed by atoms with Crippen molar-refractivity contribution in [2.45, 2.75) is 25.1 Å². The van der Waals surface area contributed by atoms with Gasteiger partial charge in [0.1, 0.15) is 5.75 Å². The molecule has 2 N–H and O–H groups in total. The summed E-state index contributed by atoms with van der Waals surface area (Å²) in [7, 11) is -1.61. The monoisotopic (exact) mass is 257 g/mol. The van der Waals surface area contributed by atoms with E-state index < -0.39 is 21.1 Å². The molecule has 17 heavy (non-hydrogen) atoms. The van der Waals surface area contributed by atoms with Crippen molar-refractivity contribution in [3.8, 4) is 5.75 Å². The normalized spacial score (nSPS) is 13.7.